The molecular weight excluding hydrogens is 394 g/mol. The molecule has 1 N–H and O–H groups in total. The molecule has 1 heterocycles. The smallest absolute Gasteiger partial charge is 0.242 e. The van der Waals surface area contributed by atoms with Crippen LogP contribution < -0.4 is 5.32 Å². The van der Waals surface area contributed by atoms with Crippen LogP contribution in [-0.2, 0) is 16.0 Å². The second-order valence-corrected chi connectivity index (χ2v) is 8.41. The molecule has 2 aromatic rings. The standard InChI is InChI=1S/C24H27N3O2S/c1-5-14-27-23(29)20(15-21(28)26-22-16(3)10-9-11-17(22)4)30-24(27)25-19-13-8-7-12-18(19)6-2/h5,7-13,20H,1,6,14-15H2,2-4H3,(H,26,28)/t20-/m1/s1. The highest BCUT2D eigenvalue weighted by Gasteiger charge is 2.38. The summed E-state index contributed by atoms with van der Waals surface area (Å²) >= 11 is 1.35. The number of nitrogens with zero attached hydrogens (tertiary/aromatic N) is 2. The third kappa shape index (κ3) is 4.82. The minimum absolute atomic E-state index is 0.0966. The topological polar surface area (TPSA) is 61.8 Å². The summed E-state index contributed by atoms with van der Waals surface area (Å²) in [7, 11) is 0. The van der Waals surface area contributed by atoms with E-state index in [1.54, 1.807) is 11.0 Å². The van der Waals surface area contributed by atoms with Gasteiger partial charge in [0.2, 0.25) is 11.8 Å². The molecule has 0 bridgehead atoms. The highest BCUT2D eigenvalue weighted by Crippen LogP contribution is 2.33. The summed E-state index contributed by atoms with van der Waals surface area (Å²) in [4.78, 5) is 32.0. The number of hydrogen-bond donors (Lipinski definition) is 1. The number of anilines is 1. The summed E-state index contributed by atoms with van der Waals surface area (Å²) in [6.07, 6.45) is 2.63. The number of carbonyl (C=O) groups excluding carboxylic acids is 2. The molecule has 3 rings (SSSR count). The zero-order valence-corrected chi connectivity index (χ0v) is 18.5. The van der Waals surface area contributed by atoms with Crippen molar-refractivity contribution in [2.75, 3.05) is 11.9 Å². The predicted molar refractivity (Wildman–Crippen MR) is 125 cm³/mol. The Kier molecular flexibility index (Phi) is 7.11. The Morgan fingerprint density at radius 2 is 1.90 bits per heavy atom. The van der Waals surface area contributed by atoms with Gasteiger partial charge >= 0.3 is 0 Å². The number of hydrogen-bond acceptors (Lipinski definition) is 4. The van der Waals surface area contributed by atoms with Gasteiger partial charge in [-0.25, -0.2) is 4.99 Å². The Bertz CT molecular complexity index is 979. The molecule has 0 saturated carbocycles. The van der Waals surface area contributed by atoms with E-state index in [0.717, 1.165) is 34.5 Å². The Morgan fingerprint density at radius 3 is 2.57 bits per heavy atom. The summed E-state index contributed by atoms with van der Waals surface area (Å²) in [6.45, 7) is 10.1. The van der Waals surface area contributed by atoms with Crippen LogP contribution in [0, 0.1) is 13.8 Å². The molecular formula is C24H27N3O2S. The molecule has 6 heteroatoms. The van der Waals surface area contributed by atoms with Crippen LogP contribution in [0.15, 0.2) is 60.1 Å². The van der Waals surface area contributed by atoms with E-state index in [1.165, 1.54) is 11.8 Å². The van der Waals surface area contributed by atoms with Crippen LogP contribution in [0.1, 0.15) is 30.0 Å². The van der Waals surface area contributed by atoms with Crippen LogP contribution in [0.2, 0.25) is 0 Å². The third-order valence-electron chi connectivity index (χ3n) is 5.04. The number of amides is 2. The molecule has 0 aromatic heterocycles. The lowest BCUT2D eigenvalue weighted by Gasteiger charge is -2.15. The van der Waals surface area contributed by atoms with E-state index in [2.05, 4.69) is 18.8 Å². The van der Waals surface area contributed by atoms with Crippen molar-refractivity contribution in [3.63, 3.8) is 0 Å². The van der Waals surface area contributed by atoms with E-state index in [-0.39, 0.29) is 18.2 Å². The summed E-state index contributed by atoms with van der Waals surface area (Å²) in [5, 5.41) is 3.09. The number of aryl methyl sites for hydroxylation is 3. The molecule has 0 unspecified atom stereocenters. The second kappa shape index (κ2) is 9.76. The molecule has 2 aromatic carbocycles. The number of thioether (sulfide) groups is 1. The number of nitrogens with one attached hydrogen (secondary N) is 1. The van der Waals surface area contributed by atoms with Gasteiger partial charge in [0.05, 0.1) is 5.69 Å². The van der Waals surface area contributed by atoms with E-state index in [9.17, 15) is 9.59 Å². The van der Waals surface area contributed by atoms with Crippen molar-refractivity contribution in [1.29, 1.82) is 0 Å². The van der Waals surface area contributed by atoms with Gasteiger partial charge in [-0.15, -0.1) is 6.58 Å². The van der Waals surface area contributed by atoms with Gasteiger partial charge in [-0.1, -0.05) is 61.2 Å². The number of carbonyl (C=O) groups is 2. The van der Waals surface area contributed by atoms with Gasteiger partial charge in [0.15, 0.2) is 5.17 Å². The van der Waals surface area contributed by atoms with E-state index in [4.69, 9.17) is 4.99 Å². The monoisotopic (exact) mass is 421 g/mol. The summed E-state index contributed by atoms with van der Waals surface area (Å²) in [5.74, 6) is -0.281. The molecule has 5 nitrogen and oxygen atoms in total. The summed E-state index contributed by atoms with van der Waals surface area (Å²) < 4.78 is 0. The lowest BCUT2D eigenvalue weighted by Crippen LogP contribution is -2.33. The van der Waals surface area contributed by atoms with Crippen molar-refractivity contribution in [2.24, 2.45) is 4.99 Å². The first-order valence-electron chi connectivity index (χ1n) is 10.1. The number of rotatable bonds is 7. The van der Waals surface area contributed by atoms with E-state index < -0.39 is 5.25 Å². The Balaban J connectivity index is 1.79. The number of benzene rings is 2. The van der Waals surface area contributed by atoms with Crippen molar-refractivity contribution < 1.29 is 9.59 Å². The summed E-state index contributed by atoms with van der Waals surface area (Å²) in [6, 6.07) is 13.8. The maximum Gasteiger partial charge on any atom is 0.242 e. The molecule has 0 spiro atoms. The van der Waals surface area contributed by atoms with Crippen molar-refractivity contribution in [3.8, 4) is 0 Å². The minimum atomic E-state index is -0.498. The molecule has 156 valence electrons. The van der Waals surface area contributed by atoms with Crippen LogP contribution >= 0.6 is 11.8 Å². The van der Waals surface area contributed by atoms with Crippen LogP contribution in [0.5, 0.6) is 0 Å². The van der Waals surface area contributed by atoms with Crippen molar-refractivity contribution in [3.05, 3.63) is 71.8 Å². The van der Waals surface area contributed by atoms with Crippen molar-refractivity contribution in [2.45, 2.75) is 38.9 Å². The van der Waals surface area contributed by atoms with Gasteiger partial charge in [0, 0.05) is 18.7 Å². The largest absolute Gasteiger partial charge is 0.326 e. The van der Waals surface area contributed by atoms with Gasteiger partial charge in [-0.05, 0) is 43.0 Å². The van der Waals surface area contributed by atoms with E-state index >= 15 is 0 Å². The number of amidine groups is 1. The molecule has 1 atom stereocenters. The van der Waals surface area contributed by atoms with Crippen LogP contribution in [-0.4, -0.2) is 33.7 Å². The quantitative estimate of drug-likeness (QED) is 0.639. The van der Waals surface area contributed by atoms with Gasteiger partial charge in [0.25, 0.3) is 0 Å². The van der Waals surface area contributed by atoms with Crippen LogP contribution in [0.25, 0.3) is 0 Å². The van der Waals surface area contributed by atoms with E-state index in [1.807, 2.05) is 56.3 Å². The molecule has 1 aliphatic heterocycles. The van der Waals surface area contributed by atoms with Crippen LogP contribution in [0.3, 0.4) is 0 Å². The van der Waals surface area contributed by atoms with Gasteiger partial charge < -0.3 is 5.32 Å². The number of para-hydroxylation sites is 2. The predicted octanol–water partition coefficient (Wildman–Crippen LogP) is 5.01. The van der Waals surface area contributed by atoms with Gasteiger partial charge in [-0.2, -0.15) is 0 Å². The summed E-state index contributed by atoms with van der Waals surface area (Å²) in [5.41, 5.74) is 4.78. The maximum absolute atomic E-state index is 13.0. The zero-order chi connectivity index (χ0) is 21.7. The van der Waals surface area contributed by atoms with Crippen molar-refractivity contribution in [1.82, 2.24) is 4.90 Å². The fourth-order valence-corrected chi connectivity index (χ4v) is 4.57. The lowest BCUT2D eigenvalue weighted by molar-refractivity contribution is -0.127. The van der Waals surface area contributed by atoms with Crippen LogP contribution in [0.4, 0.5) is 11.4 Å². The molecule has 0 aliphatic carbocycles. The Labute approximate surface area is 182 Å². The number of aliphatic imine (C=N–C) groups is 1. The van der Waals surface area contributed by atoms with Crippen molar-refractivity contribution >= 4 is 40.1 Å². The average Bonchev–Trinajstić information content (AvgIpc) is 3.00. The van der Waals surface area contributed by atoms with E-state index in [0.29, 0.717) is 11.7 Å². The fraction of sp³-hybridized carbons (Fsp3) is 0.292. The first-order chi connectivity index (χ1) is 14.4. The Hall–Kier alpha value is -2.86. The third-order valence-corrected chi connectivity index (χ3v) is 6.21. The molecule has 1 saturated heterocycles. The SMILES string of the molecule is C=CCN1C(=O)[C@@H](CC(=O)Nc2c(C)cccc2C)SC1=Nc1ccccc1CC. The first-order valence-corrected chi connectivity index (χ1v) is 10.9. The maximum atomic E-state index is 13.0. The molecule has 1 aliphatic rings. The van der Waals surface area contributed by atoms with Gasteiger partial charge in [0.1, 0.15) is 5.25 Å². The zero-order valence-electron chi connectivity index (χ0n) is 17.6. The molecule has 1 fully saturated rings. The second-order valence-electron chi connectivity index (χ2n) is 7.24. The highest BCUT2D eigenvalue weighted by molar-refractivity contribution is 8.15. The first kappa shape index (κ1) is 21.8. The minimum Gasteiger partial charge on any atom is -0.326 e. The normalized spacial score (nSPS) is 17.4. The Morgan fingerprint density at radius 1 is 1.20 bits per heavy atom. The molecule has 0 radical (unpaired) electrons. The average molecular weight is 422 g/mol. The lowest BCUT2D eigenvalue weighted by atomic mass is 10.1. The molecule has 30 heavy (non-hydrogen) atoms. The molecule has 2 amide bonds. The van der Waals surface area contributed by atoms with Gasteiger partial charge in [-0.3, -0.25) is 14.5 Å². The fourth-order valence-electron chi connectivity index (χ4n) is 3.41. The highest BCUT2D eigenvalue weighted by atomic mass is 32.2.